The summed E-state index contributed by atoms with van der Waals surface area (Å²) in [5.41, 5.74) is 0. The maximum absolute atomic E-state index is 5.55. The maximum atomic E-state index is 5.55. The van der Waals surface area contributed by atoms with E-state index in [0.29, 0.717) is 19.8 Å². The third-order valence-electron chi connectivity index (χ3n) is 2.93. The lowest BCUT2D eigenvalue weighted by atomic mass is 10.1. The Hall–Kier alpha value is -0.943. The van der Waals surface area contributed by atoms with E-state index in [4.69, 9.17) is 13.3 Å². The van der Waals surface area contributed by atoms with Gasteiger partial charge in [0.15, 0.2) is 0 Å². The Labute approximate surface area is 123 Å². The molecule has 3 rings (SSSR count). The van der Waals surface area contributed by atoms with Crippen molar-refractivity contribution in [2.75, 3.05) is 19.8 Å². The van der Waals surface area contributed by atoms with Crippen LogP contribution in [0.2, 0.25) is 6.04 Å². The predicted molar refractivity (Wildman–Crippen MR) is 86.2 cm³/mol. The first-order chi connectivity index (χ1) is 9.69. The van der Waals surface area contributed by atoms with E-state index in [9.17, 15) is 0 Å². The second kappa shape index (κ2) is 9.08. The quantitative estimate of drug-likeness (QED) is 0.711. The number of fused-ring (bicyclic) bond motifs is 3. The van der Waals surface area contributed by atoms with Crippen LogP contribution in [0.4, 0.5) is 0 Å². The SMILES string of the molecule is CCO[Si](CC)(OCC)OCC.c1cc2ccc1cc2. The Morgan fingerprint density at radius 3 is 1.10 bits per heavy atom. The van der Waals surface area contributed by atoms with Crippen molar-refractivity contribution in [3.63, 3.8) is 0 Å². The van der Waals surface area contributed by atoms with Crippen LogP contribution in [-0.4, -0.2) is 28.6 Å². The first-order valence-corrected chi connectivity index (χ1v) is 9.32. The molecular formula is C16H26O3Si. The van der Waals surface area contributed by atoms with E-state index in [2.05, 4.69) is 36.4 Å². The fraction of sp³-hybridized carbons (Fsp3) is 0.500. The Balaban J connectivity index is 0.000000212. The van der Waals surface area contributed by atoms with Gasteiger partial charge in [0.2, 0.25) is 0 Å². The van der Waals surface area contributed by atoms with Crippen molar-refractivity contribution in [2.24, 2.45) is 0 Å². The van der Waals surface area contributed by atoms with Gasteiger partial charge < -0.3 is 13.3 Å². The van der Waals surface area contributed by atoms with Crippen LogP contribution >= 0.6 is 0 Å². The molecule has 3 aromatic carbocycles. The zero-order valence-corrected chi connectivity index (χ0v) is 14.0. The Bertz CT molecular complexity index is 366. The molecule has 0 aromatic heterocycles. The van der Waals surface area contributed by atoms with Gasteiger partial charge in [-0.25, -0.2) is 0 Å². The molecule has 0 amide bonds. The fourth-order valence-electron chi connectivity index (χ4n) is 2.00. The van der Waals surface area contributed by atoms with Crippen molar-refractivity contribution < 1.29 is 13.3 Å². The lowest BCUT2D eigenvalue weighted by Gasteiger charge is -2.26. The van der Waals surface area contributed by atoms with Crippen molar-refractivity contribution in [3.8, 4) is 0 Å². The third kappa shape index (κ3) is 5.21. The van der Waals surface area contributed by atoms with Crippen LogP contribution in [0, 0.1) is 0 Å². The monoisotopic (exact) mass is 294 g/mol. The van der Waals surface area contributed by atoms with Gasteiger partial charge in [0, 0.05) is 25.9 Å². The Morgan fingerprint density at radius 1 is 0.650 bits per heavy atom. The summed E-state index contributed by atoms with van der Waals surface area (Å²) >= 11 is 0. The van der Waals surface area contributed by atoms with Gasteiger partial charge in [0.25, 0.3) is 0 Å². The van der Waals surface area contributed by atoms with Crippen LogP contribution in [0.5, 0.6) is 0 Å². The lowest BCUT2D eigenvalue weighted by Crippen LogP contribution is -2.45. The Kier molecular flexibility index (Phi) is 7.77. The van der Waals surface area contributed by atoms with Gasteiger partial charge >= 0.3 is 8.80 Å². The first-order valence-electron chi connectivity index (χ1n) is 7.39. The van der Waals surface area contributed by atoms with E-state index in [1.165, 1.54) is 10.8 Å². The van der Waals surface area contributed by atoms with Crippen molar-refractivity contribution in [1.29, 1.82) is 0 Å². The second-order valence-electron chi connectivity index (χ2n) is 4.34. The van der Waals surface area contributed by atoms with E-state index in [0.717, 1.165) is 6.04 Å². The highest BCUT2D eigenvalue weighted by molar-refractivity contribution is 6.60. The molecule has 0 aliphatic rings. The standard InChI is InChI=1S/C8H20O3Si.C8H6/c1-5-9-12(8-4,10-6-2)11-7-3;1-2-8-5-3-7(1)4-6-8/h5-8H2,1-4H3;1-6H. The molecule has 0 spiro atoms. The minimum atomic E-state index is -2.27. The van der Waals surface area contributed by atoms with Crippen LogP contribution in [-0.2, 0) is 13.3 Å². The molecule has 0 fully saturated rings. The molecule has 3 aromatic rings. The molecule has 0 N–H and O–H groups in total. The molecule has 0 radical (unpaired) electrons. The summed E-state index contributed by atoms with van der Waals surface area (Å²) in [4.78, 5) is 0. The second-order valence-corrected chi connectivity index (χ2v) is 7.27. The molecule has 0 heterocycles. The molecule has 112 valence electrons. The van der Waals surface area contributed by atoms with Crippen LogP contribution in [0.3, 0.4) is 0 Å². The fourth-order valence-corrected chi connectivity index (χ4v) is 4.18. The third-order valence-corrected chi connectivity index (χ3v) is 5.98. The van der Waals surface area contributed by atoms with E-state index >= 15 is 0 Å². The summed E-state index contributed by atoms with van der Waals surface area (Å²) in [5.74, 6) is 0. The summed E-state index contributed by atoms with van der Waals surface area (Å²) in [7, 11) is -2.27. The first kappa shape index (κ1) is 17.1. The van der Waals surface area contributed by atoms with Gasteiger partial charge in [0.1, 0.15) is 0 Å². The van der Waals surface area contributed by atoms with E-state index in [-0.39, 0.29) is 0 Å². The lowest BCUT2D eigenvalue weighted by molar-refractivity contribution is 0.0725. The van der Waals surface area contributed by atoms with Gasteiger partial charge in [-0.1, -0.05) is 43.3 Å². The van der Waals surface area contributed by atoms with Crippen LogP contribution in [0.25, 0.3) is 10.8 Å². The molecule has 0 saturated heterocycles. The summed E-state index contributed by atoms with van der Waals surface area (Å²) in [6.45, 7) is 9.95. The largest absolute Gasteiger partial charge is 0.500 e. The number of hydrogen-bond acceptors (Lipinski definition) is 3. The molecule has 3 nitrogen and oxygen atoms in total. The van der Waals surface area contributed by atoms with E-state index in [1.54, 1.807) is 0 Å². The molecule has 0 aliphatic heterocycles. The van der Waals surface area contributed by atoms with Gasteiger partial charge in [-0.05, 0) is 31.5 Å². The topological polar surface area (TPSA) is 27.7 Å². The minimum Gasteiger partial charge on any atom is -0.374 e. The molecule has 0 atom stereocenters. The number of hydrogen-bond donors (Lipinski definition) is 0. The number of benzene rings is 3. The van der Waals surface area contributed by atoms with Crippen molar-refractivity contribution in [3.05, 3.63) is 36.4 Å². The summed E-state index contributed by atoms with van der Waals surface area (Å²) in [6, 6.07) is 13.6. The highest BCUT2D eigenvalue weighted by Crippen LogP contribution is 2.14. The van der Waals surface area contributed by atoms with Crippen LogP contribution in [0.15, 0.2) is 36.4 Å². The minimum absolute atomic E-state index is 0.667. The summed E-state index contributed by atoms with van der Waals surface area (Å²) < 4.78 is 16.7. The molecule has 0 aliphatic carbocycles. The highest BCUT2D eigenvalue weighted by atomic mass is 28.4. The van der Waals surface area contributed by atoms with Crippen molar-refractivity contribution >= 4 is 19.6 Å². The average Bonchev–Trinajstić information content (AvgIpc) is 2.50. The molecule has 20 heavy (non-hydrogen) atoms. The molecular weight excluding hydrogens is 268 g/mol. The molecule has 0 unspecified atom stereocenters. The zero-order chi connectivity index (χ0) is 14.8. The van der Waals surface area contributed by atoms with Crippen LogP contribution < -0.4 is 0 Å². The number of rotatable bonds is 7. The average molecular weight is 294 g/mol. The smallest absolute Gasteiger partial charge is 0.374 e. The Morgan fingerprint density at radius 2 is 0.950 bits per heavy atom. The maximum Gasteiger partial charge on any atom is 0.500 e. The molecule has 0 saturated carbocycles. The van der Waals surface area contributed by atoms with Crippen molar-refractivity contribution in [2.45, 2.75) is 33.7 Å². The highest BCUT2D eigenvalue weighted by Gasteiger charge is 2.37. The summed E-state index contributed by atoms with van der Waals surface area (Å²) in [6.07, 6.45) is 0. The van der Waals surface area contributed by atoms with Gasteiger partial charge in [0.05, 0.1) is 0 Å². The van der Waals surface area contributed by atoms with E-state index in [1.807, 2.05) is 27.7 Å². The molecule has 4 heteroatoms. The van der Waals surface area contributed by atoms with Gasteiger partial charge in [-0.3, -0.25) is 0 Å². The van der Waals surface area contributed by atoms with E-state index < -0.39 is 8.80 Å². The molecule has 2 bridgehead atoms. The van der Waals surface area contributed by atoms with Gasteiger partial charge in [-0.15, -0.1) is 0 Å². The summed E-state index contributed by atoms with van der Waals surface area (Å²) in [5, 5.41) is 2.61. The zero-order valence-electron chi connectivity index (χ0n) is 13.0. The predicted octanol–water partition coefficient (Wildman–Crippen LogP) is 4.33. The van der Waals surface area contributed by atoms with Gasteiger partial charge in [-0.2, -0.15) is 0 Å². The van der Waals surface area contributed by atoms with Crippen molar-refractivity contribution in [1.82, 2.24) is 0 Å². The van der Waals surface area contributed by atoms with Crippen LogP contribution in [0.1, 0.15) is 27.7 Å². The normalized spacial score (nSPS) is 11.4.